The molecular formula is C18H21N3O. The van der Waals surface area contributed by atoms with Gasteiger partial charge in [0.25, 0.3) is 0 Å². The standard InChI is InChI=1S/C18H21N3O/c1-5-10-20-15-9-7-6-8-14(15)19-17(20)13-11-16(22)21(12-13)18(2,3)4/h1,6-9,13H,10-12H2,2-4H3/t13-/m0/s1. The van der Waals surface area contributed by atoms with Crippen LogP contribution in [0.25, 0.3) is 11.0 Å². The maximum atomic E-state index is 12.3. The highest BCUT2D eigenvalue weighted by atomic mass is 16.2. The van der Waals surface area contributed by atoms with Gasteiger partial charge in [-0.2, -0.15) is 0 Å². The molecule has 1 aliphatic heterocycles. The van der Waals surface area contributed by atoms with Crippen LogP contribution in [-0.4, -0.2) is 32.4 Å². The summed E-state index contributed by atoms with van der Waals surface area (Å²) in [5.41, 5.74) is 1.82. The molecule has 3 rings (SSSR count). The van der Waals surface area contributed by atoms with E-state index in [0.717, 1.165) is 16.9 Å². The van der Waals surface area contributed by atoms with Crippen molar-refractivity contribution in [3.63, 3.8) is 0 Å². The van der Waals surface area contributed by atoms with Gasteiger partial charge in [0.05, 0.1) is 17.6 Å². The summed E-state index contributed by atoms with van der Waals surface area (Å²) in [6.45, 7) is 7.39. The molecule has 1 aromatic heterocycles. The number of rotatable bonds is 2. The maximum Gasteiger partial charge on any atom is 0.223 e. The molecule has 0 bridgehead atoms. The zero-order chi connectivity index (χ0) is 15.9. The van der Waals surface area contributed by atoms with Crippen LogP contribution in [0.2, 0.25) is 0 Å². The van der Waals surface area contributed by atoms with Crippen molar-refractivity contribution in [3.8, 4) is 12.3 Å². The highest BCUT2D eigenvalue weighted by Crippen LogP contribution is 2.33. The van der Waals surface area contributed by atoms with Gasteiger partial charge in [-0.05, 0) is 32.9 Å². The van der Waals surface area contributed by atoms with Gasteiger partial charge in [0, 0.05) is 24.4 Å². The van der Waals surface area contributed by atoms with Crippen LogP contribution in [0.5, 0.6) is 0 Å². The quantitative estimate of drug-likeness (QED) is 0.799. The summed E-state index contributed by atoms with van der Waals surface area (Å²) >= 11 is 0. The van der Waals surface area contributed by atoms with E-state index < -0.39 is 0 Å². The lowest BCUT2D eigenvalue weighted by molar-refractivity contribution is -0.131. The number of likely N-dealkylation sites (tertiary alicyclic amines) is 1. The molecule has 0 aliphatic carbocycles. The topological polar surface area (TPSA) is 38.1 Å². The Bertz CT molecular complexity index is 761. The fourth-order valence-corrected chi connectivity index (χ4v) is 3.19. The first-order valence-electron chi connectivity index (χ1n) is 7.61. The van der Waals surface area contributed by atoms with Crippen molar-refractivity contribution in [2.45, 2.75) is 45.2 Å². The fraction of sp³-hybridized carbons (Fsp3) is 0.444. The number of nitrogens with zero attached hydrogens (tertiary/aromatic N) is 3. The molecule has 0 saturated carbocycles. The number of fused-ring (bicyclic) bond motifs is 1. The minimum Gasteiger partial charge on any atom is -0.337 e. The van der Waals surface area contributed by atoms with Crippen molar-refractivity contribution < 1.29 is 4.79 Å². The summed E-state index contributed by atoms with van der Waals surface area (Å²) in [7, 11) is 0. The van der Waals surface area contributed by atoms with Crippen LogP contribution >= 0.6 is 0 Å². The Morgan fingerprint density at radius 2 is 2.09 bits per heavy atom. The molecule has 0 unspecified atom stereocenters. The Labute approximate surface area is 131 Å². The van der Waals surface area contributed by atoms with Gasteiger partial charge in [-0.25, -0.2) is 4.98 Å². The predicted octanol–water partition coefficient (Wildman–Crippen LogP) is 2.78. The third-order valence-electron chi connectivity index (χ3n) is 4.23. The monoisotopic (exact) mass is 295 g/mol. The number of para-hydroxylation sites is 2. The normalized spacial score (nSPS) is 18.9. The molecule has 1 fully saturated rings. The number of imidazole rings is 1. The number of carbonyl (C=O) groups excluding carboxylic acids is 1. The zero-order valence-electron chi connectivity index (χ0n) is 13.3. The number of amides is 1. The number of terminal acetylenes is 1. The van der Waals surface area contributed by atoms with Crippen LogP contribution in [-0.2, 0) is 11.3 Å². The molecule has 4 heteroatoms. The minimum absolute atomic E-state index is 0.104. The molecule has 22 heavy (non-hydrogen) atoms. The molecule has 0 N–H and O–H groups in total. The Morgan fingerprint density at radius 1 is 1.36 bits per heavy atom. The van der Waals surface area contributed by atoms with Gasteiger partial charge in [0.2, 0.25) is 5.91 Å². The van der Waals surface area contributed by atoms with E-state index >= 15 is 0 Å². The predicted molar refractivity (Wildman–Crippen MR) is 87.4 cm³/mol. The molecular weight excluding hydrogens is 274 g/mol. The van der Waals surface area contributed by atoms with Crippen LogP contribution in [0.1, 0.15) is 38.9 Å². The summed E-state index contributed by atoms with van der Waals surface area (Å²) in [6, 6.07) is 7.98. The Kier molecular flexibility index (Phi) is 3.44. The molecule has 4 nitrogen and oxygen atoms in total. The first kappa shape index (κ1) is 14.6. The van der Waals surface area contributed by atoms with E-state index in [2.05, 4.69) is 31.3 Å². The van der Waals surface area contributed by atoms with Crippen molar-refractivity contribution in [1.29, 1.82) is 0 Å². The fourth-order valence-electron chi connectivity index (χ4n) is 3.19. The third kappa shape index (κ3) is 2.37. The molecule has 1 aromatic carbocycles. The number of aromatic nitrogens is 2. The van der Waals surface area contributed by atoms with E-state index in [0.29, 0.717) is 19.5 Å². The summed E-state index contributed by atoms with van der Waals surface area (Å²) in [6.07, 6.45) is 6.03. The lowest BCUT2D eigenvalue weighted by Crippen LogP contribution is -2.42. The van der Waals surface area contributed by atoms with Gasteiger partial charge >= 0.3 is 0 Å². The number of benzene rings is 1. The molecule has 1 saturated heterocycles. The first-order valence-corrected chi connectivity index (χ1v) is 7.61. The third-order valence-corrected chi connectivity index (χ3v) is 4.23. The Morgan fingerprint density at radius 3 is 2.73 bits per heavy atom. The molecule has 0 radical (unpaired) electrons. The zero-order valence-corrected chi connectivity index (χ0v) is 13.3. The second-order valence-corrected chi connectivity index (χ2v) is 6.83. The minimum atomic E-state index is -0.158. The van der Waals surface area contributed by atoms with Crippen molar-refractivity contribution in [2.24, 2.45) is 0 Å². The average Bonchev–Trinajstić information content (AvgIpc) is 3.00. The lowest BCUT2D eigenvalue weighted by atomic mass is 10.1. The van der Waals surface area contributed by atoms with Crippen LogP contribution in [0, 0.1) is 12.3 Å². The van der Waals surface area contributed by atoms with Crippen LogP contribution in [0.15, 0.2) is 24.3 Å². The lowest BCUT2D eigenvalue weighted by Gasteiger charge is -2.32. The van der Waals surface area contributed by atoms with Crippen molar-refractivity contribution in [2.75, 3.05) is 6.54 Å². The largest absolute Gasteiger partial charge is 0.337 e. The summed E-state index contributed by atoms with van der Waals surface area (Å²) in [5.74, 6) is 3.93. The van der Waals surface area contributed by atoms with Gasteiger partial charge in [0.1, 0.15) is 5.82 Å². The van der Waals surface area contributed by atoms with Gasteiger partial charge in [-0.1, -0.05) is 18.1 Å². The summed E-state index contributed by atoms with van der Waals surface area (Å²) in [5, 5.41) is 0. The summed E-state index contributed by atoms with van der Waals surface area (Å²) < 4.78 is 2.07. The molecule has 2 heterocycles. The van der Waals surface area contributed by atoms with Crippen LogP contribution in [0.4, 0.5) is 0 Å². The van der Waals surface area contributed by atoms with Gasteiger partial charge in [0.15, 0.2) is 0 Å². The van der Waals surface area contributed by atoms with Gasteiger partial charge in [-0.3, -0.25) is 4.79 Å². The molecule has 1 aliphatic rings. The second kappa shape index (κ2) is 5.17. The molecule has 114 valence electrons. The molecule has 0 spiro atoms. The maximum absolute atomic E-state index is 12.3. The Hall–Kier alpha value is -2.28. The highest BCUT2D eigenvalue weighted by molar-refractivity contribution is 5.81. The highest BCUT2D eigenvalue weighted by Gasteiger charge is 2.38. The van der Waals surface area contributed by atoms with Crippen molar-refractivity contribution >= 4 is 16.9 Å². The van der Waals surface area contributed by atoms with E-state index in [9.17, 15) is 4.79 Å². The van der Waals surface area contributed by atoms with Crippen molar-refractivity contribution in [1.82, 2.24) is 14.5 Å². The summed E-state index contributed by atoms with van der Waals surface area (Å²) in [4.78, 5) is 19.0. The van der Waals surface area contributed by atoms with Gasteiger partial charge in [-0.15, -0.1) is 6.42 Å². The number of hydrogen-bond donors (Lipinski definition) is 0. The van der Waals surface area contributed by atoms with E-state index in [1.54, 1.807) is 0 Å². The smallest absolute Gasteiger partial charge is 0.223 e. The molecule has 2 aromatic rings. The SMILES string of the molecule is C#CCn1c([C@H]2CC(=O)N(C(C)(C)C)C2)nc2ccccc21. The van der Waals surface area contributed by atoms with Gasteiger partial charge < -0.3 is 9.47 Å². The van der Waals surface area contributed by atoms with E-state index in [-0.39, 0.29) is 17.4 Å². The van der Waals surface area contributed by atoms with E-state index in [4.69, 9.17) is 11.4 Å². The van der Waals surface area contributed by atoms with Crippen LogP contribution in [0.3, 0.4) is 0 Å². The molecule has 1 atom stereocenters. The van der Waals surface area contributed by atoms with E-state index in [1.165, 1.54) is 0 Å². The average molecular weight is 295 g/mol. The first-order chi connectivity index (χ1) is 10.4. The number of hydrogen-bond acceptors (Lipinski definition) is 2. The van der Waals surface area contributed by atoms with Crippen LogP contribution < -0.4 is 0 Å². The Balaban J connectivity index is 2.02. The van der Waals surface area contributed by atoms with E-state index in [1.807, 2.05) is 29.2 Å². The molecule has 1 amide bonds. The number of carbonyl (C=O) groups is 1. The second-order valence-electron chi connectivity index (χ2n) is 6.83. The van der Waals surface area contributed by atoms with Crippen molar-refractivity contribution in [3.05, 3.63) is 30.1 Å².